The van der Waals surface area contributed by atoms with Gasteiger partial charge in [0.15, 0.2) is 0 Å². The first-order chi connectivity index (χ1) is 7.41. The van der Waals surface area contributed by atoms with Crippen LogP contribution in [0.1, 0.15) is 23.6 Å². The Morgan fingerprint density at radius 3 is 2.62 bits per heavy atom. The summed E-state index contributed by atoms with van der Waals surface area (Å²) in [6.45, 7) is 6.46. The molecular formula is C13H19NO2. The molecule has 0 heterocycles. The van der Waals surface area contributed by atoms with Crippen molar-refractivity contribution >= 4 is 5.97 Å². The molecule has 0 aromatic heterocycles. The Kier molecular flexibility index (Phi) is 4.07. The molecule has 16 heavy (non-hydrogen) atoms. The summed E-state index contributed by atoms with van der Waals surface area (Å²) in [6.07, 6.45) is 0. The van der Waals surface area contributed by atoms with E-state index in [1.807, 2.05) is 25.8 Å². The second-order valence-electron chi connectivity index (χ2n) is 4.36. The van der Waals surface area contributed by atoms with Crippen molar-refractivity contribution in [3.63, 3.8) is 0 Å². The highest BCUT2D eigenvalue weighted by Gasteiger charge is 2.17. The number of benzene rings is 1. The molecule has 3 nitrogen and oxygen atoms in total. The third-order valence-corrected chi connectivity index (χ3v) is 2.94. The fourth-order valence-electron chi connectivity index (χ4n) is 1.56. The molecule has 0 amide bonds. The molecule has 1 aromatic carbocycles. The first-order valence-electron chi connectivity index (χ1n) is 5.41. The summed E-state index contributed by atoms with van der Waals surface area (Å²) < 4.78 is 0. The third-order valence-electron chi connectivity index (χ3n) is 2.94. The van der Waals surface area contributed by atoms with Gasteiger partial charge in [0.05, 0.1) is 0 Å². The normalized spacial score (nSPS) is 12.8. The molecule has 0 aliphatic rings. The standard InChI is InChI=1S/C13H19NO2/c1-9-5-6-10(2)12(7-9)8-14(4)11(3)13(15)16/h5-7,11H,8H2,1-4H3,(H,15,16). The summed E-state index contributed by atoms with van der Waals surface area (Å²) in [5, 5.41) is 8.91. The number of carboxylic acid groups (broad SMARTS) is 1. The number of hydrogen-bond donors (Lipinski definition) is 1. The summed E-state index contributed by atoms with van der Waals surface area (Å²) in [5.74, 6) is -0.784. The molecule has 1 unspecified atom stereocenters. The van der Waals surface area contributed by atoms with Gasteiger partial charge in [-0.15, -0.1) is 0 Å². The topological polar surface area (TPSA) is 40.5 Å². The van der Waals surface area contributed by atoms with Crippen molar-refractivity contribution in [3.05, 3.63) is 34.9 Å². The number of hydrogen-bond acceptors (Lipinski definition) is 2. The lowest BCUT2D eigenvalue weighted by Gasteiger charge is -2.22. The van der Waals surface area contributed by atoms with Crippen LogP contribution in [0.5, 0.6) is 0 Å². The van der Waals surface area contributed by atoms with Gasteiger partial charge in [-0.3, -0.25) is 9.69 Å². The molecule has 0 aliphatic heterocycles. The van der Waals surface area contributed by atoms with Gasteiger partial charge in [-0.05, 0) is 38.9 Å². The van der Waals surface area contributed by atoms with Gasteiger partial charge in [0.2, 0.25) is 0 Å². The minimum absolute atomic E-state index is 0.458. The maximum Gasteiger partial charge on any atom is 0.320 e. The SMILES string of the molecule is Cc1ccc(C)c(CN(C)C(C)C(=O)O)c1. The van der Waals surface area contributed by atoms with Crippen molar-refractivity contribution in [3.8, 4) is 0 Å². The molecule has 0 aliphatic carbocycles. The molecule has 3 heteroatoms. The summed E-state index contributed by atoms with van der Waals surface area (Å²) in [4.78, 5) is 12.7. The molecule has 0 fully saturated rings. The molecule has 1 aromatic rings. The van der Waals surface area contributed by atoms with Gasteiger partial charge in [0, 0.05) is 6.54 Å². The molecule has 1 atom stereocenters. The Bertz CT molecular complexity index is 388. The van der Waals surface area contributed by atoms with E-state index in [2.05, 4.69) is 18.2 Å². The quantitative estimate of drug-likeness (QED) is 0.847. The smallest absolute Gasteiger partial charge is 0.320 e. The molecule has 1 rings (SSSR count). The Hall–Kier alpha value is -1.35. The number of aryl methyl sites for hydroxylation is 2. The van der Waals surface area contributed by atoms with E-state index in [1.54, 1.807) is 6.92 Å². The van der Waals surface area contributed by atoms with Crippen LogP contribution in [0.25, 0.3) is 0 Å². The molecule has 0 bridgehead atoms. The maximum absolute atomic E-state index is 10.8. The van der Waals surface area contributed by atoms with E-state index in [-0.39, 0.29) is 0 Å². The van der Waals surface area contributed by atoms with Gasteiger partial charge in [-0.2, -0.15) is 0 Å². The van der Waals surface area contributed by atoms with Crippen LogP contribution in [0.3, 0.4) is 0 Å². The van der Waals surface area contributed by atoms with Gasteiger partial charge in [0.25, 0.3) is 0 Å². The van der Waals surface area contributed by atoms with Gasteiger partial charge >= 0.3 is 5.97 Å². The Morgan fingerprint density at radius 2 is 2.06 bits per heavy atom. The summed E-state index contributed by atoms with van der Waals surface area (Å²) >= 11 is 0. The molecule has 88 valence electrons. The van der Waals surface area contributed by atoms with Crippen LogP contribution >= 0.6 is 0 Å². The van der Waals surface area contributed by atoms with Crippen LogP contribution < -0.4 is 0 Å². The van der Waals surface area contributed by atoms with Crippen LogP contribution in [0.2, 0.25) is 0 Å². The van der Waals surface area contributed by atoms with Gasteiger partial charge in [0.1, 0.15) is 6.04 Å². The van der Waals surface area contributed by atoms with Crippen LogP contribution in [-0.2, 0) is 11.3 Å². The minimum Gasteiger partial charge on any atom is -0.480 e. The second kappa shape index (κ2) is 5.12. The fourth-order valence-corrected chi connectivity index (χ4v) is 1.56. The predicted molar refractivity (Wildman–Crippen MR) is 64.5 cm³/mol. The highest BCUT2D eigenvalue weighted by Crippen LogP contribution is 2.13. The van der Waals surface area contributed by atoms with Crippen molar-refractivity contribution in [2.24, 2.45) is 0 Å². The highest BCUT2D eigenvalue weighted by molar-refractivity contribution is 5.72. The van der Waals surface area contributed by atoms with Crippen LogP contribution in [-0.4, -0.2) is 29.1 Å². The Balaban J connectivity index is 2.80. The molecule has 1 N–H and O–H groups in total. The summed E-state index contributed by atoms with van der Waals surface area (Å²) in [5.41, 5.74) is 3.60. The number of likely N-dealkylation sites (N-methyl/N-ethyl adjacent to an activating group) is 1. The average molecular weight is 221 g/mol. The zero-order valence-corrected chi connectivity index (χ0v) is 10.3. The lowest BCUT2D eigenvalue weighted by Crippen LogP contribution is -2.35. The fraction of sp³-hybridized carbons (Fsp3) is 0.462. The van der Waals surface area contributed by atoms with Gasteiger partial charge < -0.3 is 5.11 Å². The lowest BCUT2D eigenvalue weighted by atomic mass is 10.0. The Labute approximate surface area is 96.7 Å². The van der Waals surface area contributed by atoms with Crippen molar-refractivity contribution in [1.82, 2.24) is 4.90 Å². The van der Waals surface area contributed by atoms with E-state index >= 15 is 0 Å². The summed E-state index contributed by atoms with van der Waals surface area (Å²) in [7, 11) is 1.83. The zero-order valence-electron chi connectivity index (χ0n) is 10.3. The van der Waals surface area contributed by atoms with Crippen LogP contribution in [0.4, 0.5) is 0 Å². The van der Waals surface area contributed by atoms with Crippen molar-refractivity contribution in [1.29, 1.82) is 0 Å². The van der Waals surface area contributed by atoms with Gasteiger partial charge in [-0.1, -0.05) is 23.8 Å². The van der Waals surface area contributed by atoms with Crippen molar-refractivity contribution in [2.45, 2.75) is 33.4 Å². The van der Waals surface area contributed by atoms with Gasteiger partial charge in [-0.25, -0.2) is 0 Å². The zero-order chi connectivity index (χ0) is 12.3. The van der Waals surface area contributed by atoms with E-state index in [0.717, 1.165) is 0 Å². The number of carboxylic acids is 1. The number of carbonyl (C=O) groups is 1. The van der Waals surface area contributed by atoms with Crippen molar-refractivity contribution < 1.29 is 9.90 Å². The lowest BCUT2D eigenvalue weighted by molar-refractivity contribution is -0.142. The van der Waals surface area contributed by atoms with Crippen LogP contribution in [0.15, 0.2) is 18.2 Å². The van der Waals surface area contributed by atoms with E-state index < -0.39 is 12.0 Å². The maximum atomic E-state index is 10.8. The molecule has 0 radical (unpaired) electrons. The average Bonchev–Trinajstić information content (AvgIpc) is 2.22. The van der Waals surface area contributed by atoms with Crippen molar-refractivity contribution in [2.75, 3.05) is 7.05 Å². The van der Waals surface area contributed by atoms with E-state index in [9.17, 15) is 4.79 Å². The highest BCUT2D eigenvalue weighted by atomic mass is 16.4. The van der Waals surface area contributed by atoms with E-state index in [4.69, 9.17) is 5.11 Å². The largest absolute Gasteiger partial charge is 0.480 e. The monoisotopic (exact) mass is 221 g/mol. The third kappa shape index (κ3) is 3.07. The van der Waals surface area contributed by atoms with Crippen LogP contribution in [0, 0.1) is 13.8 Å². The molecule has 0 saturated carbocycles. The minimum atomic E-state index is -0.784. The molecule has 0 saturated heterocycles. The first kappa shape index (κ1) is 12.7. The van der Waals surface area contributed by atoms with E-state index in [1.165, 1.54) is 16.7 Å². The number of nitrogens with zero attached hydrogens (tertiary/aromatic N) is 1. The van der Waals surface area contributed by atoms with E-state index in [0.29, 0.717) is 6.54 Å². The second-order valence-corrected chi connectivity index (χ2v) is 4.36. The first-order valence-corrected chi connectivity index (χ1v) is 5.41. The summed E-state index contributed by atoms with van der Waals surface area (Å²) in [6, 6.07) is 5.80. The predicted octanol–water partition coefficient (Wildman–Crippen LogP) is 2.21. The number of aliphatic carboxylic acids is 1. The molecule has 0 spiro atoms. The number of rotatable bonds is 4. The molecular weight excluding hydrogens is 202 g/mol. The Morgan fingerprint density at radius 1 is 1.44 bits per heavy atom.